The molecule has 3 aromatic rings. The third-order valence-corrected chi connectivity index (χ3v) is 5.84. The summed E-state index contributed by atoms with van der Waals surface area (Å²) in [5.74, 6) is 0.537. The van der Waals surface area contributed by atoms with Crippen LogP contribution in [-0.4, -0.2) is 21.4 Å². The van der Waals surface area contributed by atoms with Gasteiger partial charge in [-0.3, -0.25) is 9.52 Å². The summed E-state index contributed by atoms with van der Waals surface area (Å²) in [6, 6.07) is 18.8. The first-order valence-electron chi connectivity index (χ1n) is 9.39. The van der Waals surface area contributed by atoms with Crippen LogP contribution in [0.1, 0.15) is 16.7 Å². The van der Waals surface area contributed by atoms with Crippen molar-refractivity contribution in [3.8, 4) is 5.75 Å². The Morgan fingerprint density at radius 3 is 2.03 bits per heavy atom. The number of rotatable bonds is 7. The van der Waals surface area contributed by atoms with Crippen molar-refractivity contribution in [2.45, 2.75) is 25.2 Å². The lowest BCUT2D eigenvalue weighted by molar-refractivity contribution is -0.115. The monoisotopic (exact) mass is 424 g/mol. The first kappa shape index (κ1) is 21.4. The van der Waals surface area contributed by atoms with Gasteiger partial charge in [0.05, 0.1) is 18.4 Å². The number of nitrogens with one attached hydrogen (secondary N) is 2. The average Bonchev–Trinajstić information content (AvgIpc) is 2.67. The highest BCUT2D eigenvalue weighted by Gasteiger charge is 2.15. The summed E-state index contributed by atoms with van der Waals surface area (Å²) in [7, 11) is -2.14. The maximum absolute atomic E-state index is 12.6. The molecule has 0 saturated heterocycles. The summed E-state index contributed by atoms with van der Waals surface area (Å²) in [6.07, 6.45) is 0.207. The number of aryl methyl sites for hydroxylation is 2. The minimum atomic E-state index is -3.72. The third kappa shape index (κ3) is 5.61. The van der Waals surface area contributed by atoms with Crippen LogP contribution in [0.3, 0.4) is 0 Å². The summed E-state index contributed by atoms with van der Waals surface area (Å²) in [5.41, 5.74) is 3.85. The number of anilines is 2. The van der Waals surface area contributed by atoms with Gasteiger partial charge in [0.2, 0.25) is 5.91 Å². The molecule has 0 heterocycles. The van der Waals surface area contributed by atoms with Gasteiger partial charge in [0.1, 0.15) is 5.75 Å². The molecule has 0 aliphatic carbocycles. The van der Waals surface area contributed by atoms with Gasteiger partial charge in [0.25, 0.3) is 10.0 Å². The number of benzene rings is 3. The molecule has 30 heavy (non-hydrogen) atoms. The van der Waals surface area contributed by atoms with E-state index in [2.05, 4.69) is 10.0 Å². The molecule has 0 spiro atoms. The number of hydrogen-bond donors (Lipinski definition) is 2. The first-order chi connectivity index (χ1) is 14.2. The lowest BCUT2D eigenvalue weighted by atomic mass is 10.1. The van der Waals surface area contributed by atoms with Gasteiger partial charge < -0.3 is 10.1 Å². The maximum atomic E-state index is 12.6. The van der Waals surface area contributed by atoms with Crippen LogP contribution in [0, 0.1) is 13.8 Å². The van der Waals surface area contributed by atoms with Crippen molar-refractivity contribution in [3.05, 3.63) is 83.4 Å². The zero-order valence-electron chi connectivity index (χ0n) is 17.1. The molecular weight excluding hydrogens is 400 g/mol. The van der Waals surface area contributed by atoms with Gasteiger partial charge in [-0.05, 0) is 79.1 Å². The Labute approximate surface area is 177 Å². The highest BCUT2D eigenvalue weighted by Crippen LogP contribution is 2.20. The van der Waals surface area contributed by atoms with Gasteiger partial charge in [-0.15, -0.1) is 0 Å². The Balaban J connectivity index is 1.65. The van der Waals surface area contributed by atoms with Gasteiger partial charge in [-0.2, -0.15) is 0 Å². The van der Waals surface area contributed by atoms with E-state index >= 15 is 0 Å². The second-order valence-corrected chi connectivity index (χ2v) is 8.76. The SMILES string of the molecule is COc1ccc(CC(=O)Nc2ccc(S(=O)(=O)Nc3cc(C)cc(C)c3)cc2)cc1. The Morgan fingerprint density at radius 2 is 1.47 bits per heavy atom. The van der Waals surface area contributed by atoms with Crippen molar-refractivity contribution in [3.63, 3.8) is 0 Å². The number of methoxy groups -OCH3 is 1. The van der Waals surface area contributed by atoms with E-state index in [-0.39, 0.29) is 17.2 Å². The van der Waals surface area contributed by atoms with Crippen molar-refractivity contribution in [2.24, 2.45) is 0 Å². The number of sulfonamides is 1. The van der Waals surface area contributed by atoms with Crippen molar-refractivity contribution < 1.29 is 17.9 Å². The van der Waals surface area contributed by atoms with E-state index in [0.29, 0.717) is 11.4 Å². The first-order valence-corrected chi connectivity index (χ1v) is 10.9. The minimum Gasteiger partial charge on any atom is -0.497 e. The maximum Gasteiger partial charge on any atom is 0.261 e. The molecule has 0 saturated carbocycles. The summed E-state index contributed by atoms with van der Waals surface area (Å²) in [4.78, 5) is 12.4. The third-order valence-electron chi connectivity index (χ3n) is 4.45. The second-order valence-electron chi connectivity index (χ2n) is 7.08. The quantitative estimate of drug-likeness (QED) is 0.592. The zero-order chi connectivity index (χ0) is 21.7. The number of hydrogen-bond acceptors (Lipinski definition) is 4. The molecule has 7 heteroatoms. The van der Waals surface area contributed by atoms with Gasteiger partial charge in [-0.25, -0.2) is 8.42 Å². The molecule has 0 unspecified atom stereocenters. The Morgan fingerprint density at radius 1 is 0.867 bits per heavy atom. The molecular formula is C23H24N2O4S. The molecule has 0 aliphatic rings. The number of carbonyl (C=O) groups excluding carboxylic acids is 1. The summed E-state index contributed by atoms with van der Waals surface area (Å²) >= 11 is 0. The lowest BCUT2D eigenvalue weighted by Gasteiger charge is -2.11. The van der Waals surface area contributed by atoms with Crippen LogP contribution < -0.4 is 14.8 Å². The molecule has 0 aromatic heterocycles. The van der Waals surface area contributed by atoms with Crippen molar-refractivity contribution in [2.75, 3.05) is 17.1 Å². The van der Waals surface area contributed by atoms with E-state index in [1.165, 1.54) is 12.1 Å². The Bertz CT molecular complexity index is 1120. The molecule has 3 rings (SSSR count). The number of carbonyl (C=O) groups is 1. The lowest BCUT2D eigenvalue weighted by Crippen LogP contribution is -2.15. The fourth-order valence-corrected chi connectivity index (χ4v) is 4.14. The molecule has 156 valence electrons. The largest absolute Gasteiger partial charge is 0.497 e. The highest BCUT2D eigenvalue weighted by atomic mass is 32.2. The van der Waals surface area contributed by atoms with E-state index in [1.54, 1.807) is 43.5 Å². The molecule has 0 radical (unpaired) electrons. The number of amides is 1. The summed E-state index contributed by atoms with van der Waals surface area (Å²) in [6.45, 7) is 3.82. The van der Waals surface area contributed by atoms with E-state index in [1.807, 2.05) is 32.0 Å². The fourth-order valence-electron chi connectivity index (χ4n) is 3.10. The topological polar surface area (TPSA) is 84.5 Å². The summed E-state index contributed by atoms with van der Waals surface area (Å²) in [5, 5.41) is 2.78. The van der Waals surface area contributed by atoms with Crippen LogP contribution in [0.5, 0.6) is 5.75 Å². The highest BCUT2D eigenvalue weighted by molar-refractivity contribution is 7.92. The number of ether oxygens (including phenoxy) is 1. The normalized spacial score (nSPS) is 11.0. The smallest absolute Gasteiger partial charge is 0.261 e. The van der Waals surface area contributed by atoms with Crippen LogP contribution in [0.2, 0.25) is 0 Å². The van der Waals surface area contributed by atoms with Gasteiger partial charge in [-0.1, -0.05) is 18.2 Å². The molecule has 0 fully saturated rings. The van der Waals surface area contributed by atoms with Gasteiger partial charge in [0, 0.05) is 11.4 Å². The van der Waals surface area contributed by atoms with E-state index < -0.39 is 10.0 Å². The molecule has 0 aliphatic heterocycles. The van der Waals surface area contributed by atoms with Crippen LogP contribution in [0.4, 0.5) is 11.4 Å². The van der Waals surface area contributed by atoms with Crippen molar-refractivity contribution >= 4 is 27.3 Å². The molecule has 3 aromatic carbocycles. The van der Waals surface area contributed by atoms with Crippen LogP contribution in [-0.2, 0) is 21.2 Å². The minimum absolute atomic E-state index is 0.120. The van der Waals surface area contributed by atoms with Crippen molar-refractivity contribution in [1.82, 2.24) is 0 Å². The standard InChI is InChI=1S/C23H24N2O4S/c1-16-12-17(2)14-20(13-16)25-30(27,28)22-10-6-19(7-11-22)24-23(26)15-18-4-8-21(29-3)9-5-18/h4-14,25H,15H2,1-3H3,(H,24,26). The molecule has 0 bridgehead atoms. The van der Waals surface area contributed by atoms with Gasteiger partial charge >= 0.3 is 0 Å². The Kier molecular flexibility index (Phi) is 6.42. The van der Waals surface area contributed by atoms with E-state index in [0.717, 1.165) is 22.4 Å². The molecule has 2 N–H and O–H groups in total. The van der Waals surface area contributed by atoms with Crippen LogP contribution in [0.25, 0.3) is 0 Å². The molecule has 1 amide bonds. The van der Waals surface area contributed by atoms with E-state index in [4.69, 9.17) is 4.74 Å². The fraction of sp³-hybridized carbons (Fsp3) is 0.174. The average molecular weight is 425 g/mol. The van der Waals surface area contributed by atoms with Crippen molar-refractivity contribution in [1.29, 1.82) is 0 Å². The molecule has 6 nitrogen and oxygen atoms in total. The van der Waals surface area contributed by atoms with E-state index in [9.17, 15) is 13.2 Å². The second kappa shape index (κ2) is 9.00. The molecule has 0 atom stereocenters. The van der Waals surface area contributed by atoms with Crippen LogP contribution >= 0.6 is 0 Å². The predicted octanol–water partition coefficient (Wildman–Crippen LogP) is 4.29. The van der Waals surface area contributed by atoms with Crippen LogP contribution in [0.15, 0.2) is 71.6 Å². The zero-order valence-corrected chi connectivity index (χ0v) is 17.9. The predicted molar refractivity (Wildman–Crippen MR) is 118 cm³/mol. The summed E-state index contributed by atoms with van der Waals surface area (Å²) < 4.78 is 33.0. The Hall–Kier alpha value is -3.32. The van der Waals surface area contributed by atoms with Gasteiger partial charge in [0.15, 0.2) is 0 Å².